The number of nitrogens with zero attached hydrogens (tertiary/aromatic N) is 4. The van der Waals surface area contributed by atoms with Crippen molar-refractivity contribution in [2.45, 2.75) is 19.9 Å². The number of hydrogen-bond acceptors (Lipinski definition) is 4. The lowest BCUT2D eigenvalue weighted by molar-refractivity contribution is 0.368. The smallest absolute Gasteiger partial charge is 0.228 e. The summed E-state index contributed by atoms with van der Waals surface area (Å²) in [6.45, 7) is 2.69. The van der Waals surface area contributed by atoms with E-state index in [-0.39, 0.29) is 0 Å². The average Bonchev–Trinajstić information content (AvgIpc) is 3.05. The molecule has 0 bridgehead atoms. The summed E-state index contributed by atoms with van der Waals surface area (Å²) >= 11 is 12.0. The van der Waals surface area contributed by atoms with E-state index in [0.29, 0.717) is 40.3 Å². The number of benzene rings is 1. The van der Waals surface area contributed by atoms with Gasteiger partial charge in [0.05, 0.1) is 5.02 Å². The number of rotatable bonds is 4. The van der Waals surface area contributed by atoms with Gasteiger partial charge in [0.25, 0.3) is 0 Å². The number of aryl methyl sites for hydroxylation is 3. The molecule has 0 fully saturated rings. The summed E-state index contributed by atoms with van der Waals surface area (Å²) in [4.78, 5) is 4.35. The van der Waals surface area contributed by atoms with E-state index >= 15 is 0 Å². The number of aromatic nitrogens is 4. The third-order valence-electron chi connectivity index (χ3n) is 3.11. The van der Waals surface area contributed by atoms with Crippen LogP contribution in [0.3, 0.4) is 0 Å². The van der Waals surface area contributed by atoms with Crippen molar-refractivity contribution in [2.24, 2.45) is 0 Å². The molecule has 0 spiro atoms. The Kier molecular flexibility index (Phi) is 3.94. The SMILES string of the molecule is Cc1ccnn1CCc1nc(-c2ccc(Cl)cc2Cl)no1. The lowest BCUT2D eigenvalue weighted by Crippen LogP contribution is -2.04. The lowest BCUT2D eigenvalue weighted by Gasteiger charge is -2.00. The molecule has 21 heavy (non-hydrogen) atoms. The van der Waals surface area contributed by atoms with Gasteiger partial charge in [0.15, 0.2) is 0 Å². The highest BCUT2D eigenvalue weighted by atomic mass is 35.5. The summed E-state index contributed by atoms with van der Waals surface area (Å²) in [5.74, 6) is 1.01. The van der Waals surface area contributed by atoms with E-state index in [9.17, 15) is 0 Å². The average molecular weight is 323 g/mol. The molecule has 2 heterocycles. The molecule has 7 heteroatoms. The molecule has 0 saturated carbocycles. The van der Waals surface area contributed by atoms with Crippen LogP contribution >= 0.6 is 23.2 Å². The van der Waals surface area contributed by atoms with Gasteiger partial charge in [-0.1, -0.05) is 28.4 Å². The summed E-state index contributed by atoms with van der Waals surface area (Å²) in [6, 6.07) is 7.12. The Morgan fingerprint density at radius 3 is 2.81 bits per heavy atom. The summed E-state index contributed by atoms with van der Waals surface area (Å²) in [6.07, 6.45) is 2.38. The third-order valence-corrected chi connectivity index (χ3v) is 3.65. The maximum Gasteiger partial charge on any atom is 0.228 e. The van der Waals surface area contributed by atoms with Gasteiger partial charge in [0, 0.05) is 35.4 Å². The van der Waals surface area contributed by atoms with Crippen LogP contribution in [0.4, 0.5) is 0 Å². The Balaban J connectivity index is 1.75. The highest BCUT2D eigenvalue weighted by Crippen LogP contribution is 2.28. The molecule has 0 aliphatic heterocycles. The summed E-state index contributed by atoms with van der Waals surface area (Å²) < 4.78 is 7.14. The van der Waals surface area contributed by atoms with Crippen molar-refractivity contribution in [1.29, 1.82) is 0 Å². The zero-order valence-corrected chi connectivity index (χ0v) is 12.8. The predicted octanol–water partition coefficient (Wildman–Crippen LogP) is 3.79. The zero-order valence-electron chi connectivity index (χ0n) is 11.3. The van der Waals surface area contributed by atoms with Crippen molar-refractivity contribution in [2.75, 3.05) is 0 Å². The van der Waals surface area contributed by atoms with E-state index in [2.05, 4.69) is 15.2 Å². The first-order chi connectivity index (χ1) is 10.1. The molecule has 3 rings (SSSR count). The van der Waals surface area contributed by atoms with Crippen LogP contribution in [0, 0.1) is 6.92 Å². The highest BCUT2D eigenvalue weighted by molar-refractivity contribution is 6.36. The molecule has 108 valence electrons. The van der Waals surface area contributed by atoms with E-state index < -0.39 is 0 Å². The Hall–Kier alpha value is -1.85. The van der Waals surface area contributed by atoms with Gasteiger partial charge < -0.3 is 4.52 Å². The Morgan fingerprint density at radius 1 is 1.24 bits per heavy atom. The van der Waals surface area contributed by atoms with Crippen molar-refractivity contribution >= 4 is 23.2 Å². The van der Waals surface area contributed by atoms with E-state index in [0.717, 1.165) is 5.69 Å². The molecule has 0 amide bonds. The molecule has 5 nitrogen and oxygen atoms in total. The Morgan fingerprint density at radius 2 is 2.10 bits per heavy atom. The van der Waals surface area contributed by atoms with Crippen LogP contribution in [0.2, 0.25) is 10.0 Å². The van der Waals surface area contributed by atoms with Gasteiger partial charge >= 0.3 is 0 Å². The monoisotopic (exact) mass is 322 g/mol. The van der Waals surface area contributed by atoms with Gasteiger partial charge in [-0.2, -0.15) is 10.1 Å². The second-order valence-electron chi connectivity index (χ2n) is 4.58. The molecule has 1 aromatic carbocycles. The van der Waals surface area contributed by atoms with Crippen LogP contribution in [0.5, 0.6) is 0 Å². The first-order valence-electron chi connectivity index (χ1n) is 6.40. The number of halogens is 2. The first-order valence-corrected chi connectivity index (χ1v) is 7.15. The normalized spacial score (nSPS) is 11.0. The van der Waals surface area contributed by atoms with E-state index in [1.165, 1.54) is 0 Å². The Labute approximate surface area is 131 Å². The molecule has 2 aromatic heterocycles. The topological polar surface area (TPSA) is 56.7 Å². The van der Waals surface area contributed by atoms with Gasteiger partial charge in [-0.15, -0.1) is 0 Å². The minimum Gasteiger partial charge on any atom is -0.339 e. The highest BCUT2D eigenvalue weighted by Gasteiger charge is 2.12. The van der Waals surface area contributed by atoms with Gasteiger partial charge in [-0.3, -0.25) is 4.68 Å². The third kappa shape index (κ3) is 3.09. The van der Waals surface area contributed by atoms with E-state index in [1.54, 1.807) is 24.4 Å². The Bertz CT molecular complexity index is 766. The molecule has 0 aliphatic rings. The molecule has 0 radical (unpaired) electrons. The fourth-order valence-electron chi connectivity index (χ4n) is 1.97. The van der Waals surface area contributed by atoms with Gasteiger partial charge in [-0.25, -0.2) is 0 Å². The quantitative estimate of drug-likeness (QED) is 0.733. The van der Waals surface area contributed by atoms with Crippen LogP contribution in [-0.4, -0.2) is 19.9 Å². The zero-order chi connectivity index (χ0) is 14.8. The van der Waals surface area contributed by atoms with Crippen LogP contribution < -0.4 is 0 Å². The molecule has 0 atom stereocenters. The maximum absolute atomic E-state index is 6.13. The molecular formula is C14H12Cl2N4O. The molecular weight excluding hydrogens is 311 g/mol. The van der Waals surface area contributed by atoms with Gasteiger partial charge in [0.1, 0.15) is 0 Å². The molecule has 0 aliphatic carbocycles. The second kappa shape index (κ2) is 5.87. The van der Waals surface area contributed by atoms with Crippen LogP contribution in [-0.2, 0) is 13.0 Å². The summed E-state index contributed by atoms with van der Waals surface area (Å²) in [7, 11) is 0. The van der Waals surface area contributed by atoms with Crippen LogP contribution in [0.25, 0.3) is 11.4 Å². The molecule has 0 saturated heterocycles. The second-order valence-corrected chi connectivity index (χ2v) is 5.43. The van der Waals surface area contributed by atoms with Crippen molar-refractivity contribution in [3.63, 3.8) is 0 Å². The predicted molar refractivity (Wildman–Crippen MR) is 80.4 cm³/mol. The molecule has 0 N–H and O–H groups in total. The van der Waals surface area contributed by atoms with Crippen LogP contribution in [0.1, 0.15) is 11.6 Å². The van der Waals surface area contributed by atoms with E-state index in [4.69, 9.17) is 27.7 Å². The van der Waals surface area contributed by atoms with Crippen molar-refractivity contribution in [3.05, 3.63) is 52.1 Å². The summed E-state index contributed by atoms with van der Waals surface area (Å²) in [5, 5.41) is 9.24. The molecule has 0 unspecified atom stereocenters. The fourth-order valence-corrected chi connectivity index (χ4v) is 2.46. The van der Waals surface area contributed by atoms with Gasteiger partial charge in [0.2, 0.25) is 11.7 Å². The van der Waals surface area contributed by atoms with E-state index in [1.807, 2.05) is 17.7 Å². The van der Waals surface area contributed by atoms with Crippen molar-refractivity contribution in [3.8, 4) is 11.4 Å². The number of hydrogen-bond donors (Lipinski definition) is 0. The maximum atomic E-state index is 6.13. The fraction of sp³-hybridized carbons (Fsp3) is 0.214. The minimum atomic E-state index is 0.462. The van der Waals surface area contributed by atoms with Crippen molar-refractivity contribution < 1.29 is 4.52 Å². The van der Waals surface area contributed by atoms with Gasteiger partial charge in [-0.05, 0) is 31.2 Å². The first kappa shape index (κ1) is 14.1. The largest absolute Gasteiger partial charge is 0.339 e. The summed E-state index contributed by atoms with van der Waals surface area (Å²) in [5.41, 5.74) is 1.79. The van der Waals surface area contributed by atoms with Crippen LogP contribution in [0.15, 0.2) is 35.0 Å². The molecule has 3 aromatic rings. The lowest BCUT2D eigenvalue weighted by atomic mass is 10.2. The van der Waals surface area contributed by atoms with Crippen molar-refractivity contribution in [1.82, 2.24) is 19.9 Å². The minimum absolute atomic E-state index is 0.462. The standard InChI is InChI=1S/C14H12Cl2N4O/c1-9-4-6-17-20(9)7-5-13-18-14(19-21-13)11-3-2-10(15)8-12(11)16/h2-4,6,8H,5,7H2,1H3.